The molecule has 18 heavy (non-hydrogen) atoms. The van der Waals surface area contributed by atoms with Gasteiger partial charge in [0, 0.05) is 6.54 Å². The second kappa shape index (κ2) is 5.83. The van der Waals surface area contributed by atoms with Crippen molar-refractivity contribution in [2.24, 2.45) is 0 Å². The molecule has 0 aromatic heterocycles. The van der Waals surface area contributed by atoms with Crippen LogP contribution in [0.15, 0.2) is 42.5 Å². The van der Waals surface area contributed by atoms with Gasteiger partial charge in [0.05, 0.1) is 0 Å². The molecule has 0 fully saturated rings. The van der Waals surface area contributed by atoms with Crippen molar-refractivity contribution in [1.82, 2.24) is 5.32 Å². The molecular formula is C17H21N. The number of nitrogens with one attached hydrogen (secondary N) is 1. The molecule has 0 aliphatic rings. The molecule has 94 valence electrons. The second-order valence-electron chi connectivity index (χ2n) is 4.73. The standard InChI is InChI=1S/C17H21N/c1-4-14-5-8-16(9-6-14)17-10-7-15(12-18-3)11-13(17)2/h5-11,18H,4,12H2,1-3H3. The molecule has 1 nitrogen and oxygen atoms in total. The van der Waals surface area contributed by atoms with Crippen LogP contribution >= 0.6 is 0 Å². The molecule has 2 rings (SSSR count). The summed E-state index contributed by atoms with van der Waals surface area (Å²) in [5.41, 5.74) is 6.71. The van der Waals surface area contributed by atoms with Crippen LogP contribution in [-0.4, -0.2) is 7.05 Å². The Morgan fingerprint density at radius 1 is 0.944 bits per heavy atom. The highest BCUT2D eigenvalue weighted by molar-refractivity contribution is 5.67. The number of hydrogen-bond donors (Lipinski definition) is 1. The Morgan fingerprint density at radius 3 is 2.17 bits per heavy atom. The summed E-state index contributed by atoms with van der Waals surface area (Å²) in [7, 11) is 1.98. The Kier molecular flexibility index (Phi) is 4.16. The van der Waals surface area contributed by atoms with Gasteiger partial charge in [-0.1, -0.05) is 49.4 Å². The van der Waals surface area contributed by atoms with Crippen molar-refractivity contribution in [1.29, 1.82) is 0 Å². The minimum Gasteiger partial charge on any atom is -0.316 e. The zero-order valence-electron chi connectivity index (χ0n) is 11.5. The Balaban J connectivity index is 2.32. The number of hydrogen-bond acceptors (Lipinski definition) is 1. The van der Waals surface area contributed by atoms with Crippen LogP contribution in [0, 0.1) is 6.92 Å². The van der Waals surface area contributed by atoms with Gasteiger partial charge >= 0.3 is 0 Å². The van der Waals surface area contributed by atoms with E-state index in [1.165, 1.54) is 27.8 Å². The lowest BCUT2D eigenvalue weighted by Gasteiger charge is -2.09. The third-order valence-electron chi connectivity index (χ3n) is 3.34. The van der Waals surface area contributed by atoms with E-state index in [9.17, 15) is 0 Å². The zero-order valence-corrected chi connectivity index (χ0v) is 11.5. The van der Waals surface area contributed by atoms with Crippen LogP contribution in [0.3, 0.4) is 0 Å². The Hall–Kier alpha value is -1.60. The number of benzene rings is 2. The number of rotatable bonds is 4. The predicted molar refractivity (Wildman–Crippen MR) is 78.8 cm³/mol. The van der Waals surface area contributed by atoms with Gasteiger partial charge in [-0.15, -0.1) is 0 Å². The normalized spacial score (nSPS) is 10.6. The van der Waals surface area contributed by atoms with E-state index in [-0.39, 0.29) is 0 Å². The van der Waals surface area contributed by atoms with Crippen LogP contribution in [0.5, 0.6) is 0 Å². The van der Waals surface area contributed by atoms with Gasteiger partial charge < -0.3 is 5.32 Å². The van der Waals surface area contributed by atoms with Gasteiger partial charge in [-0.25, -0.2) is 0 Å². The monoisotopic (exact) mass is 239 g/mol. The van der Waals surface area contributed by atoms with E-state index in [2.05, 4.69) is 61.6 Å². The molecule has 0 saturated carbocycles. The highest BCUT2D eigenvalue weighted by Gasteiger charge is 2.03. The van der Waals surface area contributed by atoms with E-state index >= 15 is 0 Å². The molecule has 0 aliphatic heterocycles. The van der Waals surface area contributed by atoms with E-state index in [0.717, 1.165) is 13.0 Å². The molecule has 0 saturated heterocycles. The van der Waals surface area contributed by atoms with E-state index in [0.29, 0.717) is 0 Å². The summed E-state index contributed by atoms with van der Waals surface area (Å²) in [6.45, 7) is 5.30. The van der Waals surface area contributed by atoms with Crippen molar-refractivity contribution in [2.75, 3.05) is 7.05 Å². The molecule has 2 aromatic rings. The lowest BCUT2D eigenvalue weighted by molar-refractivity contribution is 0.817. The second-order valence-corrected chi connectivity index (χ2v) is 4.73. The topological polar surface area (TPSA) is 12.0 Å². The van der Waals surface area contributed by atoms with Crippen LogP contribution in [0.2, 0.25) is 0 Å². The van der Waals surface area contributed by atoms with Crippen molar-refractivity contribution in [3.63, 3.8) is 0 Å². The predicted octanol–water partition coefficient (Wildman–Crippen LogP) is 3.94. The van der Waals surface area contributed by atoms with Crippen LogP contribution in [0.1, 0.15) is 23.6 Å². The molecule has 1 N–H and O–H groups in total. The average molecular weight is 239 g/mol. The van der Waals surface area contributed by atoms with Gasteiger partial charge in [0.25, 0.3) is 0 Å². The first-order valence-electron chi connectivity index (χ1n) is 6.58. The summed E-state index contributed by atoms with van der Waals surface area (Å²) in [5, 5.41) is 3.19. The first-order chi connectivity index (χ1) is 8.74. The van der Waals surface area contributed by atoms with E-state index in [1.54, 1.807) is 0 Å². The highest BCUT2D eigenvalue weighted by atomic mass is 14.8. The van der Waals surface area contributed by atoms with E-state index < -0.39 is 0 Å². The van der Waals surface area contributed by atoms with Crippen molar-refractivity contribution in [2.45, 2.75) is 26.8 Å². The third-order valence-corrected chi connectivity index (χ3v) is 3.34. The van der Waals surface area contributed by atoms with E-state index in [4.69, 9.17) is 0 Å². The minimum atomic E-state index is 0.926. The van der Waals surface area contributed by atoms with E-state index in [1.807, 2.05) is 7.05 Å². The fraction of sp³-hybridized carbons (Fsp3) is 0.294. The minimum absolute atomic E-state index is 0.926. The molecular weight excluding hydrogens is 218 g/mol. The fourth-order valence-corrected chi connectivity index (χ4v) is 2.28. The van der Waals surface area contributed by atoms with Gasteiger partial charge in [-0.2, -0.15) is 0 Å². The van der Waals surface area contributed by atoms with Gasteiger partial charge in [-0.05, 0) is 48.2 Å². The van der Waals surface area contributed by atoms with Crippen LogP contribution in [0.25, 0.3) is 11.1 Å². The zero-order chi connectivity index (χ0) is 13.0. The van der Waals surface area contributed by atoms with Crippen molar-refractivity contribution in [3.05, 3.63) is 59.2 Å². The van der Waals surface area contributed by atoms with Crippen LogP contribution < -0.4 is 5.32 Å². The SMILES string of the molecule is CCc1ccc(-c2ccc(CNC)cc2C)cc1. The molecule has 0 bridgehead atoms. The first kappa shape index (κ1) is 12.8. The number of aryl methyl sites for hydroxylation is 2. The maximum Gasteiger partial charge on any atom is 0.0202 e. The molecule has 0 radical (unpaired) electrons. The van der Waals surface area contributed by atoms with Gasteiger partial charge in [0.15, 0.2) is 0 Å². The van der Waals surface area contributed by atoms with Crippen molar-refractivity contribution in [3.8, 4) is 11.1 Å². The first-order valence-corrected chi connectivity index (χ1v) is 6.58. The van der Waals surface area contributed by atoms with Gasteiger partial charge in [-0.3, -0.25) is 0 Å². The van der Waals surface area contributed by atoms with Crippen molar-refractivity contribution < 1.29 is 0 Å². The molecule has 0 spiro atoms. The smallest absolute Gasteiger partial charge is 0.0202 e. The molecule has 2 aromatic carbocycles. The lowest BCUT2D eigenvalue weighted by Crippen LogP contribution is -2.05. The van der Waals surface area contributed by atoms with Crippen LogP contribution in [-0.2, 0) is 13.0 Å². The van der Waals surface area contributed by atoms with Crippen LogP contribution in [0.4, 0.5) is 0 Å². The molecule has 0 atom stereocenters. The molecule has 1 heteroatoms. The summed E-state index contributed by atoms with van der Waals surface area (Å²) < 4.78 is 0. The summed E-state index contributed by atoms with van der Waals surface area (Å²) >= 11 is 0. The maximum absolute atomic E-state index is 3.19. The quantitative estimate of drug-likeness (QED) is 0.852. The molecule has 0 amide bonds. The third kappa shape index (κ3) is 2.80. The lowest BCUT2D eigenvalue weighted by atomic mass is 9.97. The molecule has 0 aliphatic carbocycles. The summed E-state index contributed by atoms with van der Waals surface area (Å²) in [6.07, 6.45) is 1.10. The summed E-state index contributed by atoms with van der Waals surface area (Å²) in [5.74, 6) is 0. The Bertz CT molecular complexity index is 512. The Morgan fingerprint density at radius 2 is 1.61 bits per heavy atom. The summed E-state index contributed by atoms with van der Waals surface area (Å²) in [6, 6.07) is 15.6. The van der Waals surface area contributed by atoms with Gasteiger partial charge in [0.1, 0.15) is 0 Å². The fourth-order valence-electron chi connectivity index (χ4n) is 2.28. The van der Waals surface area contributed by atoms with Gasteiger partial charge in [0.2, 0.25) is 0 Å². The summed E-state index contributed by atoms with van der Waals surface area (Å²) in [4.78, 5) is 0. The van der Waals surface area contributed by atoms with Crippen molar-refractivity contribution >= 4 is 0 Å². The highest BCUT2D eigenvalue weighted by Crippen LogP contribution is 2.24. The largest absolute Gasteiger partial charge is 0.316 e. The molecule has 0 heterocycles. The Labute approximate surface area is 110 Å². The average Bonchev–Trinajstić information content (AvgIpc) is 2.40. The molecule has 0 unspecified atom stereocenters. The maximum atomic E-state index is 3.19.